The summed E-state index contributed by atoms with van der Waals surface area (Å²) >= 11 is 0. The van der Waals surface area contributed by atoms with Gasteiger partial charge >= 0.3 is 23.9 Å². The minimum absolute atomic E-state index is 0.162. The molecule has 0 radical (unpaired) electrons. The summed E-state index contributed by atoms with van der Waals surface area (Å²) in [6.45, 7) is 7.19. The zero-order valence-electron chi connectivity index (χ0n) is 10.9. The Hall–Kier alpha value is -1.61. The van der Waals surface area contributed by atoms with Gasteiger partial charge in [0.2, 0.25) is 5.91 Å². The van der Waals surface area contributed by atoms with Gasteiger partial charge in [0.25, 0.3) is 0 Å². The van der Waals surface area contributed by atoms with Gasteiger partial charge < -0.3 is 4.90 Å². The average Bonchev–Trinajstić information content (AvgIpc) is 2.26. The quantitative estimate of drug-likeness (QED) is 0.593. The molecule has 0 aliphatic carbocycles. The highest BCUT2D eigenvalue weighted by Gasteiger charge is 2.54. The summed E-state index contributed by atoms with van der Waals surface area (Å²) < 4.78 is 67.0. The van der Waals surface area contributed by atoms with Gasteiger partial charge in [0.05, 0.1) is 0 Å². The first kappa shape index (κ1) is 20.7. The Bertz CT molecular complexity index is 333. The van der Waals surface area contributed by atoms with Gasteiger partial charge in [-0.1, -0.05) is 0 Å². The van der Waals surface area contributed by atoms with Crippen LogP contribution in [0.5, 0.6) is 0 Å². The topological polar surface area (TPSA) is 54.5 Å². The number of amides is 1. The minimum atomic E-state index is -5.77. The lowest BCUT2D eigenvalue weighted by molar-refractivity contribution is -0.193. The zero-order chi connectivity index (χ0) is 16.7. The van der Waals surface area contributed by atoms with Crippen LogP contribution in [0.3, 0.4) is 0 Å². The van der Waals surface area contributed by atoms with Crippen molar-refractivity contribution in [1.29, 1.82) is 0 Å². The summed E-state index contributed by atoms with van der Waals surface area (Å²) in [5.74, 6) is -6.65. The molecule has 0 aromatic carbocycles. The van der Waals surface area contributed by atoms with Crippen LogP contribution in [0.1, 0.15) is 20.8 Å². The second-order valence-electron chi connectivity index (χ2n) is 3.35. The number of halogens is 6. The van der Waals surface area contributed by atoms with Gasteiger partial charge in [0.1, 0.15) is 0 Å². The average molecular weight is 309 g/mol. The maximum Gasteiger partial charge on any atom is 0.458 e. The number of carbonyl (C=O) groups is 3. The van der Waals surface area contributed by atoms with Crippen LogP contribution >= 0.6 is 0 Å². The van der Waals surface area contributed by atoms with Gasteiger partial charge in [-0.15, -0.1) is 0 Å². The lowest BCUT2D eigenvalue weighted by Crippen LogP contribution is -2.39. The molecule has 20 heavy (non-hydrogen) atoms. The molecule has 0 aromatic heterocycles. The van der Waals surface area contributed by atoms with Crippen molar-refractivity contribution in [2.45, 2.75) is 33.1 Å². The highest BCUT2D eigenvalue weighted by Crippen LogP contribution is 2.23. The Labute approximate surface area is 110 Å². The largest absolute Gasteiger partial charge is 0.458 e. The molecule has 0 bridgehead atoms. The fraction of sp³-hybridized carbons (Fsp3) is 0.700. The fourth-order valence-electron chi connectivity index (χ4n) is 0.926. The number of Topliss-reactive ketones (excluding diaryl/α,β-unsaturated/α-hetero) is 2. The Balaban J connectivity index is 0. The lowest BCUT2D eigenvalue weighted by atomic mass is 10.2. The van der Waals surface area contributed by atoms with Gasteiger partial charge in [-0.25, -0.2) is 0 Å². The Morgan fingerprint density at radius 3 is 1.10 bits per heavy atom. The molecule has 0 heterocycles. The van der Waals surface area contributed by atoms with E-state index in [1.54, 1.807) is 11.8 Å². The van der Waals surface area contributed by atoms with E-state index in [1.807, 2.05) is 13.8 Å². The molecule has 10 heteroatoms. The van der Waals surface area contributed by atoms with E-state index in [-0.39, 0.29) is 5.91 Å². The van der Waals surface area contributed by atoms with Crippen LogP contribution in [0, 0.1) is 0 Å². The Morgan fingerprint density at radius 1 is 0.800 bits per heavy atom. The van der Waals surface area contributed by atoms with Gasteiger partial charge in [0.15, 0.2) is 0 Å². The zero-order valence-corrected chi connectivity index (χ0v) is 10.9. The lowest BCUT2D eigenvalue weighted by Gasteiger charge is -2.14. The predicted octanol–water partition coefficient (Wildman–Crippen LogP) is 2.12. The van der Waals surface area contributed by atoms with Crippen LogP contribution in [0.15, 0.2) is 0 Å². The number of hydrogen-bond donors (Lipinski definition) is 0. The first-order valence-electron chi connectivity index (χ1n) is 5.27. The standard InChI is InChI=1S/C6H13NO.C4F6O2/c1-4-7(5-2)6(3)8;5-3(6,7)1(11)2(12)4(8,9)10/h4-5H2,1-3H3;. The number of rotatable bonds is 3. The second kappa shape index (κ2) is 7.85. The number of carbonyl (C=O) groups excluding carboxylic acids is 3. The van der Waals surface area contributed by atoms with E-state index in [2.05, 4.69) is 0 Å². The molecule has 0 spiro atoms. The summed E-state index contributed by atoms with van der Waals surface area (Å²) in [6.07, 6.45) is -11.5. The predicted molar refractivity (Wildman–Crippen MR) is 55.7 cm³/mol. The van der Waals surface area contributed by atoms with Crippen molar-refractivity contribution < 1.29 is 40.7 Å². The second-order valence-corrected chi connectivity index (χ2v) is 3.35. The van der Waals surface area contributed by atoms with Crippen LogP contribution in [0.2, 0.25) is 0 Å². The van der Waals surface area contributed by atoms with Gasteiger partial charge in [-0.2, -0.15) is 26.3 Å². The van der Waals surface area contributed by atoms with Gasteiger partial charge in [-0.3, -0.25) is 14.4 Å². The number of ketones is 2. The van der Waals surface area contributed by atoms with Crippen LogP contribution in [0.25, 0.3) is 0 Å². The summed E-state index contributed by atoms with van der Waals surface area (Å²) in [5.41, 5.74) is 0. The number of nitrogens with zero attached hydrogens (tertiary/aromatic N) is 1. The van der Waals surface area contributed by atoms with Crippen LogP contribution < -0.4 is 0 Å². The van der Waals surface area contributed by atoms with E-state index in [1.165, 1.54) is 0 Å². The molecule has 0 N–H and O–H groups in total. The molecule has 0 fully saturated rings. The molecule has 118 valence electrons. The molecule has 0 aliphatic heterocycles. The van der Waals surface area contributed by atoms with Crippen molar-refractivity contribution in [3.05, 3.63) is 0 Å². The molecule has 0 saturated carbocycles. The van der Waals surface area contributed by atoms with E-state index >= 15 is 0 Å². The van der Waals surface area contributed by atoms with Crippen molar-refractivity contribution in [2.75, 3.05) is 13.1 Å². The maximum atomic E-state index is 11.2. The monoisotopic (exact) mass is 309 g/mol. The Kier molecular flexibility index (Phi) is 8.13. The molecule has 0 rings (SSSR count). The third-order valence-electron chi connectivity index (χ3n) is 1.93. The molecule has 0 atom stereocenters. The highest BCUT2D eigenvalue weighted by molar-refractivity contribution is 6.41. The van der Waals surface area contributed by atoms with Crippen molar-refractivity contribution in [2.24, 2.45) is 0 Å². The van der Waals surface area contributed by atoms with E-state index in [9.17, 15) is 40.7 Å². The SMILES string of the molecule is CCN(CC)C(C)=O.O=C(C(=O)C(F)(F)F)C(F)(F)F. The minimum Gasteiger partial charge on any atom is -0.343 e. The van der Waals surface area contributed by atoms with Crippen LogP contribution in [-0.2, 0) is 14.4 Å². The van der Waals surface area contributed by atoms with E-state index in [0.717, 1.165) is 13.1 Å². The summed E-state index contributed by atoms with van der Waals surface area (Å²) in [6, 6.07) is 0. The highest BCUT2D eigenvalue weighted by atomic mass is 19.4. The fourth-order valence-corrected chi connectivity index (χ4v) is 0.926. The number of alkyl halides is 6. The van der Waals surface area contributed by atoms with Crippen molar-refractivity contribution in [3.8, 4) is 0 Å². The molecule has 0 unspecified atom stereocenters. The molecule has 1 amide bonds. The van der Waals surface area contributed by atoms with E-state index < -0.39 is 23.9 Å². The molecular formula is C10H13F6NO3. The molecule has 0 saturated heterocycles. The van der Waals surface area contributed by atoms with Gasteiger partial charge in [0, 0.05) is 20.0 Å². The number of hydrogen-bond acceptors (Lipinski definition) is 3. The van der Waals surface area contributed by atoms with Crippen LogP contribution in [0.4, 0.5) is 26.3 Å². The van der Waals surface area contributed by atoms with Crippen molar-refractivity contribution in [1.82, 2.24) is 4.90 Å². The summed E-state index contributed by atoms with van der Waals surface area (Å²) in [7, 11) is 0. The van der Waals surface area contributed by atoms with E-state index in [0.29, 0.717) is 0 Å². The summed E-state index contributed by atoms with van der Waals surface area (Å²) in [4.78, 5) is 31.5. The maximum absolute atomic E-state index is 11.2. The normalized spacial score (nSPS) is 11.2. The van der Waals surface area contributed by atoms with Crippen molar-refractivity contribution in [3.63, 3.8) is 0 Å². The first-order chi connectivity index (χ1) is 8.78. The van der Waals surface area contributed by atoms with Crippen molar-refractivity contribution >= 4 is 17.5 Å². The first-order valence-corrected chi connectivity index (χ1v) is 5.27. The third kappa shape index (κ3) is 7.74. The molecule has 4 nitrogen and oxygen atoms in total. The smallest absolute Gasteiger partial charge is 0.343 e. The van der Waals surface area contributed by atoms with E-state index in [4.69, 9.17) is 0 Å². The van der Waals surface area contributed by atoms with Crippen LogP contribution in [-0.4, -0.2) is 47.8 Å². The van der Waals surface area contributed by atoms with Gasteiger partial charge in [-0.05, 0) is 13.8 Å². The Morgan fingerprint density at radius 2 is 1.05 bits per heavy atom. The third-order valence-corrected chi connectivity index (χ3v) is 1.93. The molecular weight excluding hydrogens is 296 g/mol. The summed E-state index contributed by atoms with van der Waals surface area (Å²) in [5, 5.41) is 0. The molecule has 0 aliphatic rings. The molecule has 0 aromatic rings.